The van der Waals surface area contributed by atoms with Crippen LogP contribution in [-0.2, 0) is 6.18 Å². The number of anilines is 1. The second kappa shape index (κ2) is 8.52. The van der Waals surface area contributed by atoms with Gasteiger partial charge in [0.2, 0.25) is 0 Å². The van der Waals surface area contributed by atoms with Gasteiger partial charge in [-0.1, -0.05) is 12.1 Å². The van der Waals surface area contributed by atoms with Gasteiger partial charge in [0.15, 0.2) is 16.6 Å². The van der Waals surface area contributed by atoms with E-state index in [0.29, 0.717) is 22.7 Å². The lowest BCUT2D eigenvalue weighted by Crippen LogP contribution is -2.23. The number of hydrazone groups is 1. The van der Waals surface area contributed by atoms with E-state index in [1.54, 1.807) is 18.2 Å². The van der Waals surface area contributed by atoms with Gasteiger partial charge in [-0.25, -0.2) is 0 Å². The van der Waals surface area contributed by atoms with Crippen LogP contribution < -0.4 is 20.2 Å². The fraction of sp³-hybridized carbons (Fsp3) is 0.176. The Balaban J connectivity index is 1.98. The molecule has 0 amide bonds. The van der Waals surface area contributed by atoms with E-state index >= 15 is 0 Å². The Morgan fingerprint density at radius 2 is 1.81 bits per heavy atom. The number of hydrogen-bond acceptors (Lipinski definition) is 4. The summed E-state index contributed by atoms with van der Waals surface area (Å²) in [4.78, 5) is 0. The van der Waals surface area contributed by atoms with Crippen molar-refractivity contribution in [2.24, 2.45) is 5.10 Å². The molecule has 0 bridgehead atoms. The molecule has 2 aromatic rings. The van der Waals surface area contributed by atoms with Crippen molar-refractivity contribution in [2.75, 3.05) is 19.5 Å². The number of nitrogens with zero attached hydrogens (tertiary/aromatic N) is 1. The molecule has 0 unspecified atom stereocenters. The minimum atomic E-state index is -4.40. The average molecular weight is 383 g/mol. The summed E-state index contributed by atoms with van der Waals surface area (Å²) in [6, 6.07) is 9.92. The summed E-state index contributed by atoms with van der Waals surface area (Å²) in [7, 11) is 3.04. The van der Waals surface area contributed by atoms with Gasteiger partial charge in [0.1, 0.15) is 0 Å². The van der Waals surface area contributed by atoms with Gasteiger partial charge in [0.05, 0.1) is 26.0 Å². The van der Waals surface area contributed by atoms with E-state index in [4.69, 9.17) is 21.7 Å². The largest absolute Gasteiger partial charge is 0.493 e. The Kier molecular flexibility index (Phi) is 6.40. The highest BCUT2D eigenvalue weighted by Gasteiger charge is 2.30. The zero-order valence-electron chi connectivity index (χ0n) is 13.9. The van der Waals surface area contributed by atoms with Gasteiger partial charge in [0, 0.05) is 11.8 Å². The second-order valence-electron chi connectivity index (χ2n) is 5.02. The molecule has 0 saturated heterocycles. The molecule has 0 atom stereocenters. The van der Waals surface area contributed by atoms with E-state index in [2.05, 4.69) is 15.8 Å². The maximum absolute atomic E-state index is 12.7. The van der Waals surface area contributed by atoms with Crippen LogP contribution in [0.1, 0.15) is 11.1 Å². The summed E-state index contributed by atoms with van der Waals surface area (Å²) < 4.78 is 48.3. The molecule has 26 heavy (non-hydrogen) atoms. The number of thiocarbonyl (C=S) groups is 1. The molecule has 2 rings (SSSR count). The minimum absolute atomic E-state index is 0.167. The van der Waals surface area contributed by atoms with Gasteiger partial charge in [0.25, 0.3) is 0 Å². The molecular formula is C17H16F3N3O2S. The molecule has 0 aromatic heterocycles. The topological polar surface area (TPSA) is 54.9 Å². The Morgan fingerprint density at radius 1 is 1.08 bits per heavy atom. The Morgan fingerprint density at radius 3 is 2.46 bits per heavy atom. The van der Waals surface area contributed by atoms with Crippen LogP contribution in [0.2, 0.25) is 0 Å². The smallest absolute Gasteiger partial charge is 0.416 e. The van der Waals surface area contributed by atoms with E-state index in [1.165, 1.54) is 32.6 Å². The molecule has 0 aliphatic rings. The molecule has 0 aliphatic carbocycles. The Labute approximate surface area is 153 Å². The summed E-state index contributed by atoms with van der Waals surface area (Å²) in [6.07, 6.45) is -3.15. The number of hydrogen-bond donors (Lipinski definition) is 2. The van der Waals surface area contributed by atoms with E-state index in [0.717, 1.165) is 12.1 Å². The zero-order chi connectivity index (χ0) is 19.2. The Bertz CT molecular complexity index is 810. The van der Waals surface area contributed by atoms with E-state index < -0.39 is 11.7 Å². The third-order valence-electron chi connectivity index (χ3n) is 3.24. The fourth-order valence-corrected chi connectivity index (χ4v) is 2.20. The van der Waals surface area contributed by atoms with Crippen molar-refractivity contribution in [3.63, 3.8) is 0 Å². The number of alkyl halides is 3. The van der Waals surface area contributed by atoms with Crippen molar-refractivity contribution in [1.82, 2.24) is 5.43 Å². The molecule has 0 radical (unpaired) electrons. The summed E-state index contributed by atoms with van der Waals surface area (Å²) >= 11 is 5.09. The normalized spacial score (nSPS) is 11.3. The van der Waals surface area contributed by atoms with Crippen LogP contribution in [0.5, 0.6) is 11.5 Å². The van der Waals surface area contributed by atoms with E-state index in [1.807, 2.05) is 0 Å². The molecular weight excluding hydrogens is 367 g/mol. The average Bonchev–Trinajstić information content (AvgIpc) is 2.61. The maximum Gasteiger partial charge on any atom is 0.416 e. The van der Waals surface area contributed by atoms with E-state index in [9.17, 15) is 13.2 Å². The number of methoxy groups -OCH3 is 2. The zero-order valence-corrected chi connectivity index (χ0v) is 14.7. The van der Waals surface area contributed by atoms with Crippen LogP contribution in [0.3, 0.4) is 0 Å². The van der Waals surface area contributed by atoms with Crippen molar-refractivity contribution in [2.45, 2.75) is 6.18 Å². The molecule has 0 aliphatic heterocycles. The molecule has 138 valence electrons. The third kappa shape index (κ3) is 5.35. The van der Waals surface area contributed by atoms with Gasteiger partial charge in [-0.05, 0) is 42.0 Å². The molecule has 0 saturated carbocycles. The third-order valence-corrected chi connectivity index (χ3v) is 3.43. The standard InChI is InChI=1S/C17H16F3N3O2S/c1-24-14-7-6-13(9-15(14)25-2)22-16(26)23-21-10-11-4-3-5-12(8-11)17(18,19)20/h3-10H,1-2H3,(H2,22,23,26). The van der Waals surface area contributed by atoms with Gasteiger partial charge < -0.3 is 14.8 Å². The Hall–Kier alpha value is -2.81. The number of ether oxygens (including phenoxy) is 2. The predicted octanol–water partition coefficient (Wildman–Crippen LogP) is 4.04. The first-order valence-electron chi connectivity index (χ1n) is 7.33. The predicted molar refractivity (Wildman–Crippen MR) is 97.9 cm³/mol. The van der Waals surface area contributed by atoms with Crippen LogP contribution in [0.15, 0.2) is 47.6 Å². The highest BCUT2D eigenvalue weighted by Crippen LogP contribution is 2.30. The van der Waals surface area contributed by atoms with Gasteiger partial charge >= 0.3 is 6.18 Å². The van der Waals surface area contributed by atoms with Gasteiger partial charge in [-0.15, -0.1) is 0 Å². The lowest BCUT2D eigenvalue weighted by atomic mass is 10.1. The van der Waals surface area contributed by atoms with Crippen LogP contribution in [0.25, 0.3) is 0 Å². The molecule has 9 heteroatoms. The molecule has 0 spiro atoms. The molecule has 0 fully saturated rings. The van der Waals surface area contributed by atoms with Crippen LogP contribution >= 0.6 is 12.2 Å². The number of halogens is 3. The van der Waals surface area contributed by atoms with Crippen molar-refractivity contribution >= 4 is 29.2 Å². The fourth-order valence-electron chi connectivity index (χ4n) is 2.03. The first-order valence-corrected chi connectivity index (χ1v) is 7.73. The van der Waals surface area contributed by atoms with Crippen molar-refractivity contribution < 1.29 is 22.6 Å². The summed E-state index contributed by atoms with van der Waals surface area (Å²) in [6.45, 7) is 0. The molecule has 2 N–H and O–H groups in total. The first-order chi connectivity index (χ1) is 12.3. The number of rotatable bonds is 5. The molecule has 2 aromatic carbocycles. The number of benzene rings is 2. The minimum Gasteiger partial charge on any atom is -0.493 e. The lowest BCUT2D eigenvalue weighted by molar-refractivity contribution is -0.137. The summed E-state index contributed by atoms with van der Waals surface area (Å²) in [5.74, 6) is 1.09. The van der Waals surface area contributed by atoms with Gasteiger partial charge in [-0.2, -0.15) is 18.3 Å². The van der Waals surface area contributed by atoms with Crippen LogP contribution in [-0.4, -0.2) is 25.5 Å². The SMILES string of the molecule is COc1ccc(NC(=S)NN=Cc2cccc(C(F)(F)F)c2)cc1OC. The molecule has 5 nitrogen and oxygen atoms in total. The van der Waals surface area contributed by atoms with Crippen LogP contribution in [0, 0.1) is 0 Å². The highest BCUT2D eigenvalue weighted by atomic mass is 32.1. The van der Waals surface area contributed by atoms with Gasteiger partial charge in [-0.3, -0.25) is 5.43 Å². The van der Waals surface area contributed by atoms with Crippen molar-refractivity contribution in [1.29, 1.82) is 0 Å². The maximum atomic E-state index is 12.7. The van der Waals surface area contributed by atoms with Crippen molar-refractivity contribution in [3.05, 3.63) is 53.6 Å². The van der Waals surface area contributed by atoms with Crippen LogP contribution in [0.4, 0.5) is 18.9 Å². The first kappa shape index (κ1) is 19.5. The monoisotopic (exact) mass is 383 g/mol. The van der Waals surface area contributed by atoms with Crippen molar-refractivity contribution in [3.8, 4) is 11.5 Å². The lowest BCUT2D eigenvalue weighted by Gasteiger charge is -2.11. The quantitative estimate of drug-likeness (QED) is 0.464. The highest BCUT2D eigenvalue weighted by molar-refractivity contribution is 7.80. The number of nitrogens with one attached hydrogen (secondary N) is 2. The van der Waals surface area contributed by atoms with E-state index in [-0.39, 0.29) is 5.11 Å². The second-order valence-corrected chi connectivity index (χ2v) is 5.43. The molecule has 0 heterocycles. The summed E-state index contributed by atoms with van der Waals surface area (Å²) in [5, 5.41) is 6.88. The summed E-state index contributed by atoms with van der Waals surface area (Å²) in [5.41, 5.74) is 2.72.